The molecule has 0 unspecified atom stereocenters. The number of imidazole rings is 1. The van der Waals surface area contributed by atoms with Crippen LogP contribution in [0.25, 0.3) is 11.4 Å². The molecule has 3 heterocycles. The molecule has 1 aromatic carbocycles. The average molecular weight is 448 g/mol. The number of benzene rings is 1. The van der Waals surface area contributed by atoms with Gasteiger partial charge in [0, 0.05) is 42.8 Å². The van der Waals surface area contributed by atoms with E-state index in [0.717, 1.165) is 24.8 Å². The number of aromatic nitrogens is 4. The Morgan fingerprint density at radius 2 is 2.00 bits per heavy atom. The van der Waals surface area contributed by atoms with Gasteiger partial charge in [0.1, 0.15) is 5.82 Å². The highest BCUT2D eigenvalue weighted by Crippen LogP contribution is 2.64. The lowest BCUT2D eigenvalue weighted by Crippen LogP contribution is -2.39. The van der Waals surface area contributed by atoms with Crippen molar-refractivity contribution in [1.29, 1.82) is 0 Å². The van der Waals surface area contributed by atoms with Gasteiger partial charge in [-0.1, -0.05) is 28.9 Å². The van der Waals surface area contributed by atoms with Gasteiger partial charge in [-0.2, -0.15) is 9.29 Å². The van der Waals surface area contributed by atoms with Gasteiger partial charge in [-0.3, -0.25) is 0 Å². The Kier molecular flexibility index (Phi) is 4.53. The van der Waals surface area contributed by atoms with Crippen molar-refractivity contribution < 1.29 is 12.9 Å². The van der Waals surface area contributed by atoms with Crippen molar-refractivity contribution in [2.24, 2.45) is 12.5 Å². The molecule has 8 nitrogen and oxygen atoms in total. The third kappa shape index (κ3) is 3.25. The molecule has 30 heavy (non-hydrogen) atoms. The number of sulfonamides is 1. The third-order valence-electron chi connectivity index (χ3n) is 6.42. The van der Waals surface area contributed by atoms with Crippen molar-refractivity contribution >= 4 is 21.6 Å². The second kappa shape index (κ2) is 6.90. The Bertz CT molecular complexity index is 1190. The van der Waals surface area contributed by atoms with Crippen LogP contribution in [-0.2, 0) is 17.1 Å². The van der Waals surface area contributed by atoms with E-state index < -0.39 is 10.0 Å². The van der Waals surface area contributed by atoms with Crippen molar-refractivity contribution in [2.45, 2.75) is 37.1 Å². The number of rotatable bonds is 4. The SMILES string of the molecule is Cc1nc(S(=O)(=O)N2CCC3(CC2)C[C@@H]3c2nc(-c3cccc(Cl)c3)no2)cn1C. The predicted octanol–water partition coefficient (Wildman–Crippen LogP) is 3.39. The zero-order valence-corrected chi connectivity index (χ0v) is 18.3. The van der Waals surface area contributed by atoms with Crippen LogP contribution in [0.15, 0.2) is 40.0 Å². The molecular formula is C20H22ClN5O3S. The van der Waals surface area contributed by atoms with Gasteiger partial charge in [0.25, 0.3) is 10.0 Å². The summed E-state index contributed by atoms with van der Waals surface area (Å²) in [5.41, 5.74) is 0.864. The van der Waals surface area contributed by atoms with E-state index in [1.54, 1.807) is 35.1 Å². The highest BCUT2D eigenvalue weighted by Gasteiger charge is 2.59. The third-order valence-corrected chi connectivity index (χ3v) is 8.43. The summed E-state index contributed by atoms with van der Waals surface area (Å²) in [6.45, 7) is 2.74. The molecule has 1 saturated carbocycles. The first kappa shape index (κ1) is 19.7. The van der Waals surface area contributed by atoms with Gasteiger partial charge in [-0.15, -0.1) is 0 Å². The molecule has 1 saturated heterocycles. The maximum atomic E-state index is 12.9. The predicted molar refractivity (Wildman–Crippen MR) is 110 cm³/mol. The zero-order chi connectivity index (χ0) is 21.1. The molecule has 0 amide bonds. The zero-order valence-electron chi connectivity index (χ0n) is 16.7. The number of hydrogen-bond acceptors (Lipinski definition) is 6. The minimum absolute atomic E-state index is 0.0458. The lowest BCUT2D eigenvalue weighted by atomic mass is 9.92. The van der Waals surface area contributed by atoms with Gasteiger partial charge in [-0.05, 0) is 43.7 Å². The molecule has 1 aliphatic carbocycles. The molecule has 0 radical (unpaired) electrons. The van der Waals surface area contributed by atoms with Gasteiger partial charge in [0.15, 0.2) is 5.03 Å². The number of nitrogens with zero attached hydrogens (tertiary/aromatic N) is 5. The molecule has 158 valence electrons. The molecule has 10 heteroatoms. The van der Waals surface area contributed by atoms with Gasteiger partial charge in [0.2, 0.25) is 11.7 Å². The highest BCUT2D eigenvalue weighted by molar-refractivity contribution is 7.89. The van der Waals surface area contributed by atoms with E-state index in [0.29, 0.717) is 35.7 Å². The fourth-order valence-corrected chi connectivity index (χ4v) is 5.98. The molecule has 2 aromatic heterocycles. The maximum absolute atomic E-state index is 12.9. The molecule has 1 spiro atoms. The van der Waals surface area contributed by atoms with Crippen LogP contribution in [0.1, 0.15) is 36.9 Å². The van der Waals surface area contributed by atoms with Crippen molar-refractivity contribution in [2.75, 3.05) is 13.1 Å². The van der Waals surface area contributed by atoms with Crippen LogP contribution in [0.3, 0.4) is 0 Å². The van der Waals surface area contributed by atoms with E-state index in [4.69, 9.17) is 16.1 Å². The summed E-state index contributed by atoms with van der Waals surface area (Å²) >= 11 is 6.05. The number of aryl methyl sites for hydroxylation is 2. The fourth-order valence-electron chi connectivity index (χ4n) is 4.33. The molecule has 0 N–H and O–H groups in total. The molecule has 1 aliphatic heterocycles. The summed E-state index contributed by atoms with van der Waals surface area (Å²) in [6, 6.07) is 7.36. The highest BCUT2D eigenvalue weighted by atomic mass is 35.5. The molecule has 5 rings (SSSR count). The minimum atomic E-state index is -3.57. The van der Waals surface area contributed by atoms with Crippen LogP contribution in [0.5, 0.6) is 0 Å². The first-order valence-electron chi connectivity index (χ1n) is 9.88. The minimum Gasteiger partial charge on any atom is -0.339 e. The Balaban J connectivity index is 1.28. The molecule has 3 aromatic rings. The molecule has 0 bridgehead atoms. The van der Waals surface area contributed by atoms with Crippen molar-refractivity contribution in [3.8, 4) is 11.4 Å². The lowest BCUT2D eigenvalue weighted by molar-refractivity contribution is 0.242. The first-order valence-corrected chi connectivity index (χ1v) is 11.7. The molecule has 2 aliphatic rings. The molecule has 1 atom stereocenters. The van der Waals surface area contributed by atoms with E-state index in [2.05, 4.69) is 15.1 Å². The molecular weight excluding hydrogens is 426 g/mol. The summed E-state index contributed by atoms with van der Waals surface area (Å²) in [6.07, 6.45) is 4.07. The van der Waals surface area contributed by atoms with Crippen molar-refractivity contribution in [1.82, 2.24) is 24.0 Å². The number of halogens is 1. The summed E-state index contributed by atoms with van der Waals surface area (Å²) in [5, 5.41) is 4.85. The largest absolute Gasteiger partial charge is 0.339 e. The quantitative estimate of drug-likeness (QED) is 0.608. The summed E-state index contributed by atoms with van der Waals surface area (Å²) in [7, 11) is -1.77. The fraction of sp³-hybridized carbons (Fsp3) is 0.450. The Hall–Kier alpha value is -2.23. The second-order valence-electron chi connectivity index (χ2n) is 8.23. The smallest absolute Gasteiger partial charge is 0.262 e. The monoisotopic (exact) mass is 447 g/mol. The standard InChI is InChI=1S/C20H22ClN5O3S/c1-13-22-17(12-25(13)2)30(27,28)26-8-6-20(7-9-26)11-16(20)19-23-18(24-29-19)14-4-3-5-15(21)10-14/h3-5,10,12,16H,6-9,11H2,1-2H3/t16-/m1/s1. The second-order valence-corrected chi connectivity index (χ2v) is 10.5. The normalized spacial score (nSPS) is 21.2. The van der Waals surface area contributed by atoms with Crippen LogP contribution in [-0.4, -0.2) is 45.5 Å². The van der Waals surface area contributed by atoms with Crippen LogP contribution in [0, 0.1) is 12.3 Å². The summed E-state index contributed by atoms with van der Waals surface area (Å²) in [4.78, 5) is 8.78. The van der Waals surface area contributed by atoms with E-state index in [1.165, 1.54) is 0 Å². The van der Waals surface area contributed by atoms with Gasteiger partial charge < -0.3 is 9.09 Å². The Labute approximate surface area is 179 Å². The summed E-state index contributed by atoms with van der Waals surface area (Å²) in [5.74, 6) is 2.01. The van der Waals surface area contributed by atoms with E-state index in [9.17, 15) is 8.42 Å². The van der Waals surface area contributed by atoms with Crippen molar-refractivity contribution in [3.63, 3.8) is 0 Å². The van der Waals surface area contributed by atoms with Gasteiger partial charge >= 0.3 is 0 Å². The first-order chi connectivity index (χ1) is 14.3. The Morgan fingerprint density at radius 3 is 2.67 bits per heavy atom. The van der Waals surface area contributed by atoms with Crippen LogP contribution in [0.2, 0.25) is 5.02 Å². The van der Waals surface area contributed by atoms with E-state index >= 15 is 0 Å². The average Bonchev–Trinajstić information content (AvgIpc) is 3.04. The lowest BCUT2D eigenvalue weighted by Gasteiger charge is -2.31. The Morgan fingerprint density at radius 1 is 1.23 bits per heavy atom. The van der Waals surface area contributed by atoms with E-state index in [1.807, 2.05) is 18.2 Å². The number of piperidine rings is 1. The van der Waals surface area contributed by atoms with Crippen molar-refractivity contribution in [3.05, 3.63) is 47.2 Å². The van der Waals surface area contributed by atoms with Gasteiger partial charge in [0.05, 0.1) is 0 Å². The van der Waals surface area contributed by atoms with Crippen LogP contribution in [0.4, 0.5) is 0 Å². The van der Waals surface area contributed by atoms with Crippen LogP contribution < -0.4 is 0 Å². The molecule has 2 fully saturated rings. The topological polar surface area (TPSA) is 94.1 Å². The summed E-state index contributed by atoms with van der Waals surface area (Å²) < 4.78 is 34.7. The number of hydrogen-bond donors (Lipinski definition) is 0. The van der Waals surface area contributed by atoms with Gasteiger partial charge in [-0.25, -0.2) is 13.4 Å². The van der Waals surface area contributed by atoms with Crippen LogP contribution >= 0.6 is 11.6 Å². The maximum Gasteiger partial charge on any atom is 0.262 e. The van der Waals surface area contributed by atoms with E-state index in [-0.39, 0.29) is 16.4 Å².